The van der Waals surface area contributed by atoms with Crippen LogP contribution in [0.15, 0.2) is 53.2 Å². The van der Waals surface area contributed by atoms with Crippen LogP contribution in [0.1, 0.15) is 10.5 Å². The molecule has 25 heavy (non-hydrogen) atoms. The molecule has 3 aromatic rings. The van der Waals surface area contributed by atoms with Gasteiger partial charge in [-0.2, -0.15) is 0 Å². The third kappa shape index (κ3) is 3.30. The Bertz CT molecular complexity index is 874. The fourth-order valence-corrected chi connectivity index (χ4v) is 2.33. The summed E-state index contributed by atoms with van der Waals surface area (Å²) in [6, 6.07) is 12.4. The molecule has 0 radical (unpaired) electrons. The first-order chi connectivity index (χ1) is 12.1. The maximum Gasteiger partial charge on any atom is 0.280 e. The molecule has 7 heteroatoms. The predicted molar refractivity (Wildman–Crippen MR) is 92.0 cm³/mol. The second kappa shape index (κ2) is 7.04. The van der Waals surface area contributed by atoms with E-state index in [2.05, 4.69) is 10.1 Å². The van der Waals surface area contributed by atoms with Gasteiger partial charge in [-0.3, -0.25) is 4.79 Å². The van der Waals surface area contributed by atoms with Crippen molar-refractivity contribution >= 4 is 11.6 Å². The van der Waals surface area contributed by atoms with Crippen LogP contribution >= 0.6 is 0 Å². The maximum absolute atomic E-state index is 12.6. The molecule has 0 aliphatic heterocycles. The summed E-state index contributed by atoms with van der Waals surface area (Å²) in [7, 11) is 4.75. The lowest BCUT2D eigenvalue weighted by molar-refractivity contribution is 0.0984. The van der Waals surface area contributed by atoms with Crippen molar-refractivity contribution in [1.29, 1.82) is 0 Å². The van der Waals surface area contributed by atoms with Crippen molar-refractivity contribution in [3.8, 4) is 23.0 Å². The standard InChI is InChI=1S/C18H17N3O4/c1-21(12-8-9-17(24-3)19-11-12)18(22)14-10-16(25-20-14)13-6-4-5-7-15(13)23-2/h4-11H,1-3H3. The molecule has 1 aromatic carbocycles. The van der Waals surface area contributed by atoms with Gasteiger partial charge in [0.05, 0.1) is 31.7 Å². The predicted octanol–water partition coefficient (Wildman–Crippen LogP) is 3.03. The lowest BCUT2D eigenvalue weighted by Gasteiger charge is -2.15. The van der Waals surface area contributed by atoms with Crippen molar-refractivity contribution in [3.05, 3.63) is 54.4 Å². The van der Waals surface area contributed by atoms with Crippen LogP contribution in [0, 0.1) is 0 Å². The Labute approximate surface area is 144 Å². The number of hydrogen-bond acceptors (Lipinski definition) is 6. The molecule has 0 bridgehead atoms. The average molecular weight is 339 g/mol. The van der Waals surface area contributed by atoms with Crippen LogP contribution in [0.4, 0.5) is 5.69 Å². The van der Waals surface area contributed by atoms with Gasteiger partial charge in [0.25, 0.3) is 5.91 Å². The molecule has 2 heterocycles. The topological polar surface area (TPSA) is 77.7 Å². The van der Waals surface area contributed by atoms with E-state index in [1.807, 2.05) is 24.3 Å². The van der Waals surface area contributed by atoms with E-state index in [1.54, 1.807) is 38.6 Å². The summed E-state index contributed by atoms with van der Waals surface area (Å²) in [5, 5.41) is 3.88. The highest BCUT2D eigenvalue weighted by Crippen LogP contribution is 2.30. The van der Waals surface area contributed by atoms with Crippen LogP contribution in [0.3, 0.4) is 0 Å². The lowest BCUT2D eigenvalue weighted by atomic mass is 10.1. The normalized spacial score (nSPS) is 10.4. The van der Waals surface area contributed by atoms with Crippen LogP contribution in [0.5, 0.6) is 11.6 Å². The van der Waals surface area contributed by atoms with Crippen LogP contribution < -0.4 is 14.4 Å². The highest BCUT2D eigenvalue weighted by Gasteiger charge is 2.20. The number of amides is 1. The zero-order chi connectivity index (χ0) is 17.8. The Kier molecular flexibility index (Phi) is 4.65. The number of benzene rings is 1. The fourth-order valence-electron chi connectivity index (χ4n) is 2.33. The Balaban J connectivity index is 1.84. The highest BCUT2D eigenvalue weighted by molar-refractivity contribution is 6.04. The summed E-state index contributed by atoms with van der Waals surface area (Å²) in [5.74, 6) is 1.27. The number of anilines is 1. The minimum absolute atomic E-state index is 0.194. The number of methoxy groups -OCH3 is 2. The van der Waals surface area contributed by atoms with Gasteiger partial charge in [0.2, 0.25) is 5.88 Å². The van der Waals surface area contributed by atoms with E-state index in [9.17, 15) is 4.79 Å². The third-order valence-corrected chi connectivity index (χ3v) is 3.72. The number of nitrogens with zero attached hydrogens (tertiary/aromatic N) is 3. The van der Waals surface area contributed by atoms with E-state index in [4.69, 9.17) is 14.0 Å². The highest BCUT2D eigenvalue weighted by atomic mass is 16.5. The molecule has 2 aromatic heterocycles. The molecular weight excluding hydrogens is 322 g/mol. The number of ether oxygens (including phenoxy) is 2. The first kappa shape index (κ1) is 16.5. The number of pyridine rings is 1. The largest absolute Gasteiger partial charge is 0.496 e. The maximum atomic E-state index is 12.6. The van der Waals surface area contributed by atoms with E-state index in [0.717, 1.165) is 5.56 Å². The van der Waals surface area contributed by atoms with Crippen molar-refractivity contribution in [2.75, 3.05) is 26.2 Å². The van der Waals surface area contributed by atoms with Crippen LogP contribution in [-0.4, -0.2) is 37.3 Å². The molecule has 0 N–H and O–H groups in total. The Hall–Kier alpha value is -3.35. The average Bonchev–Trinajstić information content (AvgIpc) is 3.16. The molecule has 128 valence electrons. The molecular formula is C18H17N3O4. The van der Waals surface area contributed by atoms with Crippen LogP contribution in [0.2, 0.25) is 0 Å². The fraction of sp³-hybridized carbons (Fsp3) is 0.167. The van der Waals surface area contributed by atoms with Gasteiger partial charge in [-0.05, 0) is 18.2 Å². The van der Waals surface area contributed by atoms with Gasteiger partial charge < -0.3 is 18.9 Å². The number of hydrogen-bond donors (Lipinski definition) is 0. The van der Waals surface area contributed by atoms with Gasteiger partial charge in [0.15, 0.2) is 11.5 Å². The molecule has 0 atom stereocenters. The van der Waals surface area contributed by atoms with Gasteiger partial charge >= 0.3 is 0 Å². The number of para-hydroxylation sites is 1. The number of carbonyl (C=O) groups is 1. The second-order valence-corrected chi connectivity index (χ2v) is 5.20. The molecule has 0 saturated carbocycles. The number of rotatable bonds is 5. The van der Waals surface area contributed by atoms with E-state index < -0.39 is 0 Å². The summed E-state index contributed by atoms with van der Waals surface area (Å²) in [6.07, 6.45) is 1.55. The monoisotopic (exact) mass is 339 g/mol. The first-order valence-electron chi connectivity index (χ1n) is 7.52. The summed E-state index contributed by atoms with van der Waals surface area (Å²) in [6.45, 7) is 0. The zero-order valence-corrected chi connectivity index (χ0v) is 14.1. The number of aromatic nitrogens is 2. The summed E-state index contributed by atoms with van der Waals surface area (Å²) < 4.78 is 15.6. The molecule has 0 aliphatic carbocycles. The van der Waals surface area contributed by atoms with Crippen LogP contribution in [0.25, 0.3) is 11.3 Å². The van der Waals surface area contributed by atoms with E-state index in [0.29, 0.717) is 23.1 Å². The van der Waals surface area contributed by atoms with E-state index >= 15 is 0 Å². The van der Waals surface area contributed by atoms with Gasteiger partial charge in [0.1, 0.15) is 5.75 Å². The molecule has 3 rings (SSSR count). The molecule has 0 unspecified atom stereocenters. The van der Waals surface area contributed by atoms with E-state index in [-0.39, 0.29) is 11.6 Å². The molecule has 7 nitrogen and oxygen atoms in total. The first-order valence-corrected chi connectivity index (χ1v) is 7.52. The number of carbonyl (C=O) groups excluding carboxylic acids is 1. The van der Waals surface area contributed by atoms with Crippen molar-refractivity contribution in [1.82, 2.24) is 10.1 Å². The lowest BCUT2D eigenvalue weighted by Crippen LogP contribution is -2.26. The van der Waals surface area contributed by atoms with Crippen molar-refractivity contribution in [3.63, 3.8) is 0 Å². The summed E-state index contributed by atoms with van der Waals surface area (Å²) >= 11 is 0. The van der Waals surface area contributed by atoms with Gasteiger partial charge in [-0.1, -0.05) is 17.3 Å². The van der Waals surface area contributed by atoms with Gasteiger partial charge in [-0.25, -0.2) is 4.98 Å². The smallest absolute Gasteiger partial charge is 0.280 e. The Morgan fingerprint density at radius 3 is 2.60 bits per heavy atom. The molecule has 0 spiro atoms. The second-order valence-electron chi connectivity index (χ2n) is 5.20. The Morgan fingerprint density at radius 1 is 1.12 bits per heavy atom. The minimum atomic E-state index is -0.308. The summed E-state index contributed by atoms with van der Waals surface area (Å²) in [4.78, 5) is 18.1. The Morgan fingerprint density at radius 2 is 1.92 bits per heavy atom. The van der Waals surface area contributed by atoms with Crippen molar-refractivity contribution < 1.29 is 18.8 Å². The SMILES string of the molecule is COc1ccc(N(C)C(=O)c2cc(-c3ccccc3OC)on2)cn1. The minimum Gasteiger partial charge on any atom is -0.496 e. The molecule has 0 aliphatic rings. The van der Waals surface area contributed by atoms with Gasteiger partial charge in [-0.15, -0.1) is 0 Å². The third-order valence-electron chi connectivity index (χ3n) is 3.72. The molecule has 0 saturated heterocycles. The van der Waals surface area contributed by atoms with Crippen molar-refractivity contribution in [2.24, 2.45) is 0 Å². The van der Waals surface area contributed by atoms with E-state index in [1.165, 1.54) is 12.0 Å². The van der Waals surface area contributed by atoms with Crippen molar-refractivity contribution in [2.45, 2.75) is 0 Å². The molecule has 0 fully saturated rings. The van der Waals surface area contributed by atoms with Gasteiger partial charge in [0, 0.05) is 19.2 Å². The van der Waals surface area contributed by atoms with Crippen LogP contribution in [-0.2, 0) is 0 Å². The summed E-state index contributed by atoms with van der Waals surface area (Å²) in [5.41, 5.74) is 1.54. The quantitative estimate of drug-likeness (QED) is 0.711. The zero-order valence-electron chi connectivity index (χ0n) is 14.1. The molecule has 1 amide bonds.